The van der Waals surface area contributed by atoms with Crippen LogP contribution in [-0.2, 0) is 9.59 Å². The van der Waals surface area contributed by atoms with Gasteiger partial charge >= 0.3 is 0 Å². The molecule has 0 radical (unpaired) electrons. The minimum absolute atomic E-state index is 0.0509. The lowest BCUT2D eigenvalue weighted by Crippen LogP contribution is -2.50. The van der Waals surface area contributed by atoms with Gasteiger partial charge in [-0.05, 0) is 44.3 Å². The maximum Gasteiger partial charge on any atom is 0.245 e. The number of thioether (sulfide) groups is 1. The molecule has 1 N–H and O–H groups in total. The SMILES string of the molecule is CSC1CCCC(N2CCC(=O)NC(C3CC3)C2=O)C1. The Kier molecular flexibility index (Phi) is 4.24. The van der Waals surface area contributed by atoms with E-state index in [0.29, 0.717) is 30.2 Å². The third kappa shape index (κ3) is 2.97. The minimum Gasteiger partial charge on any atom is -0.344 e. The van der Waals surface area contributed by atoms with E-state index in [9.17, 15) is 9.59 Å². The molecule has 1 aliphatic heterocycles. The zero-order valence-corrected chi connectivity index (χ0v) is 13.0. The average Bonchev–Trinajstić information content (AvgIpc) is 3.29. The summed E-state index contributed by atoms with van der Waals surface area (Å²) in [5.41, 5.74) is 0. The van der Waals surface area contributed by atoms with Crippen LogP contribution in [0.25, 0.3) is 0 Å². The van der Waals surface area contributed by atoms with Crippen molar-refractivity contribution in [1.82, 2.24) is 10.2 Å². The Hall–Kier alpha value is -0.710. The lowest BCUT2D eigenvalue weighted by Gasteiger charge is -2.37. The van der Waals surface area contributed by atoms with Crippen LogP contribution in [0.1, 0.15) is 44.9 Å². The number of carbonyl (C=O) groups is 2. The zero-order chi connectivity index (χ0) is 14.1. The third-order valence-electron chi connectivity index (χ3n) is 4.91. The number of carbonyl (C=O) groups excluding carboxylic acids is 2. The summed E-state index contributed by atoms with van der Waals surface area (Å²) in [6, 6.07) is 0.113. The van der Waals surface area contributed by atoms with E-state index >= 15 is 0 Å². The van der Waals surface area contributed by atoms with E-state index in [1.807, 2.05) is 16.7 Å². The molecule has 0 aromatic carbocycles. The van der Waals surface area contributed by atoms with Crippen LogP contribution in [0.15, 0.2) is 0 Å². The highest BCUT2D eigenvalue weighted by molar-refractivity contribution is 7.99. The fourth-order valence-corrected chi connectivity index (χ4v) is 4.36. The monoisotopic (exact) mass is 296 g/mol. The Balaban J connectivity index is 1.72. The van der Waals surface area contributed by atoms with Crippen LogP contribution in [0, 0.1) is 5.92 Å². The molecule has 1 heterocycles. The summed E-state index contributed by atoms with van der Waals surface area (Å²) in [5, 5.41) is 3.62. The summed E-state index contributed by atoms with van der Waals surface area (Å²) in [6.45, 7) is 0.611. The number of hydrogen-bond acceptors (Lipinski definition) is 3. The van der Waals surface area contributed by atoms with Gasteiger partial charge in [-0.2, -0.15) is 11.8 Å². The van der Waals surface area contributed by atoms with Gasteiger partial charge in [0.2, 0.25) is 11.8 Å². The highest BCUT2D eigenvalue weighted by Gasteiger charge is 2.43. The van der Waals surface area contributed by atoms with Crippen molar-refractivity contribution in [3.63, 3.8) is 0 Å². The zero-order valence-electron chi connectivity index (χ0n) is 12.1. The number of rotatable bonds is 3. The van der Waals surface area contributed by atoms with Crippen LogP contribution >= 0.6 is 11.8 Å². The van der Waals surface area contributed by atoms with Crippen molar-refractivity contribution >= 4 is 23.6 Å². The highest BCUT2D eigenvalue weighted by atomic mass is 32.2. The van der Waals surface area contributed by atoms with E-state index in [2.05, 4.69) is 11.6 Å². The quantitative estimate of drug-likeness (QED) is 0.864. The van der Waals surface area contributed by atoms with Crippen LogP contribution in [0.5, 0.6) is 0 Å². The molecule has 3 unspecified atom stereocenters. The second-order valence-corrected chi connectivity index (χ2v) is 7.48. The van der Waals surface area contributed by atoms with Gasteiger partial charge in [0.1, 0.15) is 6.04 Å². The van der Waals surface area contributed by atoms with Crippen LogP contribution < -0.4 is 5.32 Å². The highest BCUT2D eigenvalue weighted by Crippen LogP contribution is 2.36. The largest absolute Gasteiger partial charge is 0.344 e. The molecule has 3 atom stereocenters. The van der Waals surface area contributed by atoms with Gasteiger partial charge in [-0.15, -0.1) is 0 Å². The van der Waals surface area contributed by atoms with Crippen molar-refractivity contribution in [3.8, 4) is 0 Å². The molecule has 112 valence electrons. The molecule has 1 saturated heterocycles. The molecule has 3 fully saturated rings. The number of nitrogens with zero attached hydrogens (tertiary/aromatic N) is 1. The molecule has 20 heavy (non-hydrogen) atoms. The van der Waals surface area contributed by atoms with Crippen molar-refractivity contribution in [3.05, 3.63) is 0 Å². The van der Waals surface area contributed by atoms with E-state index in [-0.39, 0.29) is 17.9 Å². The minimum atomic E-state index is -0.236. The molecule has 3 aliphatic rings. The summed E-state index contributed by atoms with van der Waals surface area (Å²) in [6.07, 6.45) is 9.47. The van der Waals surface area contributed by atoms with E-state index in [0.717, 1.165) is 25.7 Å². The first-order chi connectivity index (χ1) is 9.69. The van der Waals surface area contributed by atoms with Crippen LogP contribution in [0.4, 0.5) is 0 Å². The Morgan fingerprint density at radius 2 is 2.00 bits per heavy atom. The van der Waals surface area contributed by atoms with Gasteiger partial charge in [0, 0.05) is 24.3 Å². The Labute approximate surface area is 125 Å². The fraction of sp³-hybridized carbons (Fsp3) is 0.867. The lowest BCUT2D eigenvalue weighted by molar-refractivity contribution is -0.136. The second kappa shape index (κ2) is 5.96. The molecule has 0 aromatic heterocycles. The summed E-state index contributed by atoms with van der Waals surface area (Å²) in [5.74, 6) is 0.632. The lowest BCUT2D eigenvalue weighted by atomic mass is 9.93. The summed E-state index contributed by atoms with van der Waals surface area (Å²) in [7, 11) is 0. The molecule has 5 heteroatoms. The standard InChI is InChI=1S/C15H24N2O2S/c1-20-12-4-2-3-11(9-12)17-8-7-13(18)16-14(15(17)19)10-5-6-10/h10-12,14H,2-9H2,1H3,(H,16,18). The van der Waals surface area contributed by atoms with Gasteiger partial charge in [-0.25, -0.2) is 0 Å². The molecule has 0 bridgehead atoms. The second-order valence-electron chi connectivity index (χ2n) is 6.34. The summed E-state index contributed by atoms with van der Waals surface area (Å²) < 4.78 is 0. The Morgan fingerprint density at radius 3 is 2.70 bits per heavy atom. The van der Waals surface area contributed by atoms with E-state index < -0.39 is 0 Å². The first-order valence-corrected chi connectivity index (χ1v) is 9.10. The van der Waals surface area contributed by atoms with Crippen molar-refractivity contribution in [2.75, 3.05) is 12.8 Å². The van der Waals surface area contributed by atoms with E-state index in [4.69, 9.17) is 0 Å². The van der Waals surface area contributed by atoms with Gasteiger partial charge in [0.05, 0.1) is 0 Å². The average molecular weight is 296 g/mol. The van der Waals surface area contributed by atoms with Crippen LogP contribution in [-0.4, -0.2) is 46.8 Å². The summed E-state index contributed by atoms with van der Waals surface area (Å²) >= 11 is 1.92. The molecule has 0 spiro atoms. The van der Waals surface area contributed by atoms with Crippen molar-refractivity contribution in [2.45, 2.75) is 62.3 Å². The van der Waals surface area contributed by atoms with Gasteiger partial charge in [-0.1, -0.05) is 6.42 Å². The Bertz CT molecular complexity index is 397. The molecule has 3 rings (SSSR count). The molecule has 2 saturated carbocycles. The first-order valence-electron chi connectivity index (χ1n) is 7.81. The topological polar surface area (TPSA) is 49.4 Å². The molecular formula is C15H24N2O2S. The fourth-order valence-electron chi connectivity index (χ4n) is 3.55. The van der Waals surface area contributed by atoms with Crippen molar-refractivity contribution in [1.29, 1.82) is 0 Å². The first kappa shape index (κ1) is 14.2. The third-order valence-corrected chi connectivity index (χ3v) is 6.01. The molecule has 2 amide bonds. The molecule has 2 aliphatic carbocycles. The molecular weight excluding hydrogens is 272 g/mol. The normalized spacial score (nSPS) is 35.6. The van der Waals surface area contributed by atoms with Crippen molar-refractivity contribution < 1.29 is 9.59 Å². The van der Waals surface area contributed by atoms with E-state index in [1.54, 1.807) is 0 Å². The van der Waals surface area contributed by atoms with E-state index in [1.165, 1.54) is 12.8 Å². The van der Waals surface area contributed by atoms with Crippen molar-refractivity contribution in [2.24, 2.45) is 5.92 Å². The van der Waals surface area contributed by atoms with Gasteiger partial charge < -0.3 is 10.2 Å². The van der Waals surface area contributed by atoms with Gasteiger partial charge in [0.25, 0.3) is 0 Å². The summed E-state index contributed by atoms with van der Waals surface area (Å²) in [4.78, 5) is 26.6. The van der Waals surface area contributed by atoms with Gasteiger partial charge in [-0.3, -0.25) is 9.59 Å². The Morgan fingerprint density at radius 1 is 1.20 bits per heavy atom. The predicted octanol–water partition coefficient (Wildman–Crippen LogP) is 1.79. The predicted molar refractivity (Wildman–Crippen MR) is 80.5 cm³/mol. The van der Waals surface area contributed by atoms with Crippen LogP contribution in [0.2, 0.25) is 0 Å². The smallest absolute Gasteiger partial charge is 0.245 e. The molecule has 4 nitrogen and oxygen atoms in total. The number of nitrogens with one attached hydrogen (secondary N) is 1. The number of hydrogen-bond donors (Lipinski definition) is 1. The maximum atomic E-state index is 12.8. The number of amides is 2. The van der Waals surface area contributed by atoms with Gasteiger partial charge in [0.15, 0.2) is 0 Å². The van der Waals surface area contributed by atoms with Crippen LogP contribution in [0.3, 0.4) is 0 Å². The molecule has 0 aromatic rings. The maximum absolute atomic E-state index is 12.8.